The van der Waals surface area contributed by atoms with E-state index in [0.29, 0.717) is 0 Å². The van der Waals surface area contributed by atoms with Crippen LogP contribution in [0.25, 0.3) is 0 Å². The van der Waals surface area contributed by atoms with Crippen molar-refractivity contribution in [2.75, 3.05) is 0 Å². The Balaban J connectivity index is 2.32. The van der Waals surface area contributed by atoms with Crippen molar-refractivity contribution in [3.8, 4) is 0 Å². The third-order valence-corrected chi connectivity index (χ3v) is 0. The number of hydrogen-bond acceptors (Lipinski definition) is 0. The fourth-order valence-corrected chi connectivity index (χ4v) is 0. The van der Waals surface area contributed by atoms with Gasteiger partial charge in [-0.05, 0) is 0 Å². The topological polar surface area (TPSA) is 0 Å². The average molecular weight is 540 g/mol. The van der Waals surface area contributed by atoms with Crippen molar-refractivity contribution in [1.82, 2.24) is 0 Å². The van der Waals surface area contributed by atoms with E-state index in [0.717, 1.165) is 0 Å². The minimum atomic E-state index is -0.423. The Hall–Kier alpha value is 3.48. The van der Waals surface area contributed by atoms with Gasteiger partial charge in [-0.1, -0.05) is 0 Å². The molecule has 0 aliphatic rings. The zero-order valence-corrected chi connectivity index (χ0v) is 10.1. The van der Waals surface area contributed by atoms with Crippen LogP contribution in [-0.4, -0.2) is 0 Å². The van der Waals surface area contributed by atoms with Crippen molar-refractivity contribution in [3.63, 3.8) is 0 Å². The van der Waals surface area contributed by atoms with Crippen LogP contribution in [0.1, 0.15) is 0 Å². The molecule has 0 aromatic heterocycles. The first kappa shape index (κ1) is 7.48. The second-order valence-corrected chi connectivity index (χ2v) is 47.7. The summed E-state index contributed by atoms with van der Waals surface area (Å²) in [5.74, 6) is 0. The fraction of sp³-hybridized carbons (Fsp3) is 0. The first-order valence-electron chi connectivity index (χ1n) is 0.378. The summed E-state index contributed by atoms with van der Waals surface area (Å²) >= 11 is 7.03. The van der Waals surface area contributed by atoms with Gasteiger partial charge in [0.1, 0.15) is 0 Å². The fourth-order valence-electron chi connectivity index (χ4n) is 0. The van der Waals surface area contributed by atoms with E-state index in [1.54, 1.807) is 0 Å². The number of rotatable bonds is 0. The Morgan fingerprint density at radius 2 is 1.00 bits per heavy atom. The minimum absolute atomic E-state index is 0.423. The zero-order chi connectivity index (χ0) is 3.58. The molecule has 0 fully saturated rings. The molecule has 0 aliphatic carbocycles. The summed E-state index contributed by atoms with van der Waals surface area (Å²) in [6.45, 7) is 0. The van der Waals surface area contributed by atoms with Gasteiger partial charge in [-0.15, -0.1) is 0 Å². The Kier molecular flexibility index (Phi) is 8.65. The van der Waals surface area contributed by atoms with Crippen molar-refractivity contribution in [2.45, 2.75) is 0 Å². The molecule has 0 aromatic carbocycles. The van der Waals surface area contributed by atoms with Gasteiger partial charge in [0.15, 0.2) is 0 Å². The molecular weight excluding hydrogens is 540 g/mol. The average Bonchev–Trinajstić information content (AvgIpc) is 0.811. The Morgan fingerprint density at radius 1 is 1.00 bits per heavy atom. The SMILES string of the molecule is [I][Tb]([I])[I]. The second kappa shape index (κ2) is 4.63. The Bertz CT molecular complexity index is 8.00. The second-order valence-electron chi connectivity index (χ2n) is 0.143. The molecule has 0 radical (unpaired) electrons. The van der Waals surface area contributed by atoms with Crippen LogP contribution < -0.4 is 0 Å². The van der Waals surface area contributed by atoms with Crippen molar-refractivity contribution in [3.05, 3.63) is 0 Å². The normalized spacial score (nSPS) is 11.2. The summed E-state index contributed by atoms with van der Waals surface area (Å²) in [5, 5.41) is 0. The van der Waals surface area contributed by atoms with E-state index in [9.17, 15) is 0 Å². The van der Waals surface area contributed by atoms with Gasteiger partial charge in [0.2, 0.25) is 0 Å². The molecule has 0 aromatic rings. The summed E-state index contributed by atoms with van der Waals surface area (Å²) in [4.78, 5) is 0. The molecule has 0 rings (SSSR count). The standard InChI is InChI=1S/3HI.Tb/h3*1H;/q;;;+3/p-3. The van der Waals surface area contributed by atoms with E-state index in [4.69, 9.17) is 0 Å². The first-order chi connectivity index (χ1) is 1.73. The molecule has 4 heavy (non-hydrogen) atoms. The number of halogens is 3. The Labute approximate surface area is 58.3 Å². The van der Waals surface area contributed by atoms with E-state index in [2.05, 4.69) is 44.3 Å². The van der Waals surface area contributed by atoms with Gasteiger partial charge in [-0.3, -0.25) is 0 Å². The third kappa shape index (κ3) is 9.08. The Morgan fingerprint density at radius 3 is 1.00 bits per heavy atom. The van der Waals surface area contributed by atoms with Gasteiger partial charge in [0.05, 0.1) is 0 Å². The summed E-state index contributed by atoms with van der Waals surface area (Å²) < 4.78 is 0. The molecule has 0 spiro atoms. The molecule has 0 N–H and O–H groups in total. The predicted octanol–water partition coefficient (Wildman–Crippen LogP) is 2.66. The van der Waals surface area contributed by atoms with Gasteiger partial charge in [-0.25, -0.2) is 0 Å². The first-order valence-corrected chi connectivity index (χ1v) is 18.8. The van der Waals surface area contributed by atoms with Crippen LogP contribution in [-0.2, 0) is 0 Å². The quantitative estimate of drug-likeness (QED) is 0.416. The van der Waals surface area contributed by atoms with Crippen molar-refractivity contribution < 1.29 is 16.8 Å². The van der Waals surface area contributed by atoms with Gasteiger partial charge in [-0.2, -0.15) is 0 Å². The molecule has 0 atom stereocenters. The van der Waals surface area contributed by atoms with Crippen LogP contribution in [0.3, 0.4) is 0 Å². The van der Waals surface area contributed by atoms with E-state index in [1.165, 1.54) is 0 Å². The summed E-state index contributed by atoms with van der Waals surface area (Å²) in [5.41, 5.74) is 0. The monoisotopic (exact) mass is 540 g/mol. The molecule has 0 unspecified atom stereocenters. The van der Waals surface area contributed by atoms with Gasteiger partial charge in [0.25, 0.3) is 0 Å². The molecule has 0 saturated heterocycles. The van der Waals surface area contributed by atoms with Crippen LogP contribution in [0.4, 0.5) is 0 Å². The molecule has 0 bridgehead atoms. The molecule has 0 nitrogen and oxygen atoms in total. The molecule has 4 heteroatoms. The maximum atomic E-state index is 2.48. The van der Waals surface area contributed by atoms with Crippen LogP contribution in [0.5, 0.6) is 0 Å². The van der Waals surface area contributed by atoms with E-state index >= 15 is 0 Å². The zero-order valence-electron chi connectivity index (χ0n) is 1.47. The molecule has 0 heterocycles. The molecular formula is I3Tb. The predicted molar refractivity (Wildman–Crippen MR) is 42.1 cm³/mol. The van der Waals surface area contributed by atoms with Crippen LogP contribution >= 0.6 is 44.3 Å². The molecule has 0 saturated carbocycles. The van der Waals surface area contributed by atoms with E-state index < -0.39 is 16.8 Å². The van der Waals surface area contributed by atoms with Gasteiger partial charge >= 0.3 is 61.1 Å². The summed E-state index contributed by atoms with van der Waals surface area (Å²) in [6, 6.07) is 0. The van der Waals surface area contributed by atoms with Crippen LogP contribution in [0.2, 0.25) is 0 Å². The van der Waals surface area contributed by atoms with E-state index in [1.807, 2.05) is 0 Å². The maximum absolute atomic E-state index is 2.48. The molecule has 0 amide bonds. The summed E-state index contributed by atoms with van der Waals surface area (Å²) in [7, 11) is 0. The van der Waals surface area contributed by atoms with Crippen molar-refractivity contribution in [2.24, 2.45) is 0 Å². The van der Waals surface area contributed by atoms with Gasteiger partial charge in [0, 0.05) is 0 Å². The van der Waals surface area contributed by atoms with Crippen LogP contribution in [0.15, 0.2) is 0 Å². The van der Waals surface area contributed by atoms with E-state index in [-0.39, 0.29) is 0 Å². The molecule has 0 aliphatic heterocycles. The number of hydrogen-bond donors (Lipinski definition) is 0. The van der Waals surface area contributed by atoms with Gasteiger partial charge < -0.3 is 0 Å². The van der Waals surface area contributed by atoms with Crippen molar-refractivity contribution in [1.29, 1.82) is 0 Å². The molecule has 30 valence electrons. The summed E-state index contributed by atoms with van der Waals surface area (Å²) in [6.07, 6.45) is 0. The third-order valence-electron chi connectivity index (χ3n) is 0. The van der Waals surface area contributed by atoms with Crippen molar-refractivity contribution >= 4 is 44.3 Å². The van der Waals surface area contributed by atoms with Crippen LogP contribution in [0, 0.1) is 16.8 Å².